The third kappa shape index (κ3) is 4.94. The van der Waals surface area contributed by atoms with Gasteiger partial charge in [0.15, 0.2) is 9.84 Å². The molecule has 4 rings (SSSR count). The van der Waals surface area contributed by atoms with Crippen molar-refractivity contribution in [2.45, 2.75) is 38.3 Å². The summed E-state index contributed by atoms with van der Waals surface area (Å²) in [6.45, 7) is 2.44. The minimum Gasteiger partial charge on any atom is -0.348 e. The highest BCUT2D eigenvalue weighted by Crippen LogP contribution is 2.59. The van der Waals surface area contributed by atoms with Crippen LogP contribution in [0.25, 0.3) is 0 Å². The molecule has 1 aromatic heterocycles. The van der Waals surface area contributed by atoms with Gasteiger partial charge in [-0.25, -0.2) is 22.8 Å². The highest BCUT2D eigenvalue weighted by molar-refractivity contribution is 7.93. The van der Waals surface area contributed by atoms with E-state index in [2.05, 4.69) is 20.2 Å². The Hall–Kier alpha value is -2.52. The first-order valence-corrected chi connectivity index (χ1v) is 12.6. The second-order valence-electron chi connectivity index (χ2n) is 8.67. The molecule has 2 atom stereocenters. The first kappa shape index (κ1) is 22.7. The monoisotopic (exact) mass is 478 g/mol. The largest absolute Gasteiger partial charge is 0.348 e. The maximum atomic E-state index is 14.1. The molecule has 7 nitrogen and oxygen atoms in total. The third-order valence-electron chi connectivity index (χ3n) is 5.94. The maximum Gasteiger partial charge on any atom is 0.271 e. The van der Waals surface area contributed by atoms with E-state index in [9.17, 15) is 17.6 Å². The van der Waals surface area contributed by atoms with E-state index in [1.165, 1.54) is 24.5 Å². The lowest BCUT2D eigenvalue weighted by molar-refractivity contribution is 0.0941. The van der Waals surface area contributed by atoms with Crippen molar-refractivity contribution in [3.05, 3.63) is 64.2 Å². The van der Waals surface area contributed by atoms with Crippen molar-refractivity contribution in [1.29, 1.82) is 0 Å². The van der Waals surface area contributed by atoms with E-state index < -0.39 is 27.6 Å². The van der Waals surface area contributed by atoms with Gasteiger partial charge in [-0.2, -0.15) is 0 Å². The second kappa shape index (κ2) is 8.44. The van der Waals surface area contributed by atoms with Crippen LogP contribution in [0.2, 0.25) is 5.02 Å². The zero-order valence-electron chi connectivity index (χ0n) is 17.8. The van der Waals surface area contributed by atoms with Crippen LogP contribution in [0.15, 0.2) is 42.1 Å². The first-order chi connectivity index (χ1) is 15.1. The summed E-state index contributed by atoms with van der Waals surface area (Å²) in [5.41, 5.74) is 1.04. The molecule has 1 saturated heterocycles. The molecule has 1 aromatic carbocycles. The first-order valence-electron chi connectivity index (χ1n) is 10.3. The molecule has 2 heterocycles. The number of nitrogens with zero attached hydrogens (tertiary/aromatic N) is 3. The highest BCUT2D eigenvalue weighted by atomic mass is 35.5. The van der Waals surface area contributed by atoms with Crippen LogP contribution in [0, 0.1) is 11.2 Å². The Balaban J connectivity index is 1.52. The number of hydrogen-bond donors (Lipinski definition) is 1. The molecule has 1 amide bonds. The quantitative estimate of drug-likeness (QED) is 0.681. The number of rotatable bonds is 6. The van der Waals surface area contributed by atoms with Gasteiger partial charge in [0.2, 0.25) is 0 Å². The summed E-state index contributed by atoms with van der Waals surface area (Å²) in [6.07, 6.45) is 8.48. The van der Waals surface area contributed by atoms with E-state index in [1.807, 2.05) is 6.07 Å². The number of anilines is 1. The summed E-state index contributed by atoms with van der Waals surface area (Å²) in [7, 11) is -3.27. The summed E-state index contributed by atoms with van der Waals surface area (Å²) < 4.78 is 36.5. The SMILES string of the molecule is C[C@H](/C=C/S(C)(=O)=O)NC(=O)c1cnc(N2CC3(CC3)CC2c2cccc(F)c2Cl)cn1. The van der Waals surface area contributed by atoms with Crippen LogP contribution in [-0.2, 0) is 9.84 Å². The molecular weight excluding hydrogens is 455 g/mol. The molecule has 2 aliphatic rings. The molecule has 10 heteroatoms. The summed E-state index contributed by atoms with van der Waals surface area (Å²) in [5, 5.41) is 3.84. The van der Waals surface area contributed by atoms with Crippen LogP contribution >= 0.6 is 11.6 Å². The fourth-order valence-corrected chi connectivity index (χ4v) is 4.84. The van der Waals surface area contributed by atoms with Crippen LogP contribution in [0.4, 0.5) is 10.2 Å². The predicted molar refractivity (Wildman–Crippen MR) is 121 cm³/mol. The summed E-state index contributed by atoms with van der Waals surface area (Å²) >= 11 is 6.27. The van der Waals surface area contributed by atoms with Crippen LogP contribution < -0.4 is 10.2 Å². The number of halogens is 2. The van der Waals surface area contributed by atoms with Crippen LogP contribution in [0.1, 0.15) is 48.3 Å². The summed E-state index contributed by atoms with van der Waals surface area (Å²) in [6, 6.07) is 4.23. The number of sulfone groups is 1. The van der Waals surface area contributed by atoms with Crippen LogP contribution in [0.3, 0.4) is 0 Å². The molecule has 1 spiro atoms. The number of hydrogen-bond acceptors (Lipinski definition) is 6. The topological polar surface area (TPSA) is 92.3 Å². The standard InChI is InChI=1S/C22H24ClFN4O3S/c1-14(6-9-32(2,30)31)27-21(29)17-11-26-19(12-25-17)28-13-22(7-8-22)10-18(28)15-4-3-5-16(24)20(15)23/h3-6,9,11-12,14,18H,7-8,10,13H2,1-2H3,(H,27,29)/b9-6+/t14-,18?/m1/s1. The zero-order chi connectivity index (χ0) is 23.1. The molecule has 1 aliphatic carbocycles. The number of amides is 1. The second-order valence-corrected chi connectivity index (χ2v) is 11.0. The van der Waals surface area contributed by atoms with Crippen molar-refractivity contribution in [1.82, 2.24) is 15.3 Å². The number of aromatic nitrogens is 2. The Morgan fingerprint density at radius 1 is 1.34 bits per heavy atom. The smallest absolute Gasteiger partial charge is 0.271 e. The lowest BCUT2D eigenvalue weighted by Crippen LogP contribution is -2.32. The number of nitrogens with one attached hydrogen (secondary N) is 1. The van der Waals surface area contributed by atoms with Crippen molar-refractivity contribution >= 4 is 33.2 Å². The van der Waals surface area contributed by atoms with Gasteiger partial charge in [0.1, 0.15) is 17.3 Å². The molecule has 170 valence electrons. The molecule has 1 aliphatic heterocycles. The van der Waals surface area contributed by atoms with E-state index in [0.717, 1.165) is 43.0 Å². The van der Waals surface area contributed by atoms with E-state index in [4.69, 9.17) is 11.6 Å². The van der Waals surface area contributed by atoms with Crippen LogP contribution in [-0.4, -0.2) is 43.1 Å². The van der Waals surface area contributed by atoms with Crippen molar-refractivity contribution in [3.8, 4) is 0 Å². The Labute approximate surface area is 191 Å². The lowest BCUT2D eigenvalue weighted by Gasteiger charge is -2.26. The van der Waals surface area contributed by atoms with Gasteiger partial charge in [-0.05, 0) is 43.2 Å². The summed E-state index contributed by atoms with van der Waals surface area (Å²) in [4.78, 5) is 23.2. The average molecular weight is 479 g/mol. The van der Waals surface area contributed by atoms with Gasteiger partial charge in [0.25, 0.3) is 5.91 Å². The predicted octanol–water partition coefficient (Wildman–Crippen LogP) is 3.68. The fourth-order valence-electron chi connectivity index (χ4n) is 4.07. The van der Waals surface area contributed by atoms with Gasteiger partial charge in [-0.1, -0.05) is 29.8 Å². The van der Waals surface area contributed by atoms with Crippen molar-refractivity contribution < 1.29 is 17.6 Å². The van der Waals surface area contributed by atoms with Gasteiger partial charge >= 0.3 is 0 Å². The average Bonchev–Trinajstić information content (AvgIpc) is 3.39. The molecule has 0 bridgehead atoms. The molecule has 1 unspecified atom stereocenters. The molecule has 1 N–H and O–H groups in total. The fraction of sp³-hybridized carbons (Fsp3) is 0.409. The van der Waals surface area contributed by atoms with E-state index >= 15 is 0 Å². The minimum absolute atomic E-state index is 0.115. The van der Waals surface area contributed by atoms with Crippen molar-refractivity contribution in [3.63, 3.8) is 0 Å². The summed E-state index contributed by atoms with van der Waals surface area (Å²) in [5.74, 6) is -0.307. The van der Waals surface area contributed by atoms with Gasteiger partial charge in [0, 0.05) is 24.3 Å². The van der Waals surface area contributed by atoms with Gasteiger partial charge in [-0.3, -0.25) is 4.79 Å². The van der Waals surface area contributed by atoms with Crippen molar-refractivity contribution in [2.24, 2.45) is 5.41 Å². The zero-order valence-corrected chi connectivity index (χ0v) is 19.3. The molecule has 2 aromatic rings. The van der Waals surface area contributed by atoms with Crippen LogP contribution in [0.5, 0.6) is 0 Å². The molecular formula is C22H24ClFN4O3S. The normalized spacial score (nSPS) is 20.6. The Morgan fingerprint density at radius 3 is 2.72 bits per heavy atom. The number of benzene rings is 1. The third-order valence-corrected chi connectivity index (χ3v) is 6.99. The van der Waals surface area contributed by atoms with Gasteiger partial charge < -0.3 is 10.2 Å². The van der Waals surface area contributed by atoms with Gasteiger partial charge in [-0.15, -0.1) is 0 Å². The minimum atomic E-state index is -3.27. The Kier molecular flexibility index (Phi) is 5.98. The Bertz CT molecular complexity index is 1170. The van der Waals surface area contributed by atoms with Crippen molar-refractivity contribution in [2.75, 3.05) is 17.7 Å². The van der Waals surface area contributed by atoms with Gasteiger partial charge in [0.05, 0.1) is 23.5 Å². The lowest BCUT2D eigenvalue weighted by atomic mass is 9.98. The number of carbonyl (C=O) groups is 1. The molecule has 32 heavy (non-hydrogen) atoms. The molecule has 2 fully saturated rings. The highest BCUT2D eigenvalue weighted by Gasteiger charge is 2.53. The van der Waals surface area contributed by atoms with E-state index in [0.29, 0.717) is 5.82 Å². The molecule has 1 saturated carbocycles. The van der Waals surface area contributed by atoms with E-state index in [-0.39, 0.29) is 22.2 Å². The Morgan fingerprint density at radius 2 is 2.09 bits per heavy atom. The number of carbonyl (C=O) groups excluding carboxylic acids is 1. The van der Waals surface area contributed by atoms with E-state index in [1.54, 1.807) is 13.0 Å². The molecule has 0 radical (unpaired) electrons. The maximum absolute atomic E-state index is 14.1.